The highest BCUT2D eigenvalue weighted by Crippen LogP contribution is 2.23. The molecular weight excluding hydrogens is 272 g/mol. The van der Waals surface area contributed by atoms with Gasteiger partial charge in [-0.3, -0.25) is 4.57 Å². The van der Waals surface area contributed by atoms with E-state index >= 15 is 0 Å². The second-order valence-corrected chi connectivity index (χ2v) is 4.14. The summed E-state index contributed by atoms with van der Waals surface area (Å²) < 4.78 is 5.82. The van der Waals surface area contributed by atoms with Crippen molar-refractivity contribution in [2.75, 3.05) is 6.61 Å². The Balaban J connectivity index is 2.59. The Labute approximate surface area is 120 Å². The third-order valence-corrected chi connectivity index (χ3v) is 2.86. The van der Waals surface area contributed by atoms with E-state index in [0.29, 0.717) is 16.5 Å². The third kappa shape index (κ3) is 2.77. The van der Waals surface area contributed by atoms with Gasteiger partial charge in [-0.15, -0.1) is 0 Å². The Kier molecular flexibility index (Phi) is 4.05. The average Bonchev–Trinajstić information content (AvgIpc) is 2.84. The highest BCUT2D eigenvalue weighted by Gasteiger charge is 2.14. The van der Waals surface area contributed by atoms with Crippen LogP contribution in [0.3, 0.4) is 0 Å². The second kappa shape index (κ2) is 5.92. The molecule has 0 bridgehead atoms. The number of nitriles is 1. The molecule has 0 amide bonds. The summed E-state index contributed by atoms with van der Waals surface area (Å²) in [4.78, 5) is 22.8. The van der Waals surface area contributed by atoms with E-state index < -0.39 is 12.1 Å². The molecular formula is C15H12N2O4. The fraction of sp³-hybridized carbons (Fsp3) is 0.133. The smallest absolute Gasteiger partial charge is 0.416 e. The molecule has 0 fully saturated rings. The SMILES string of the molecule is CCOC(=O)/C(C#N)=C\c1cn(C(=O)O)c2ccccc12. The summed E-state index contributed by atoms with van der Waals surface area (Å²) in [6, 6.07) is 8.61. The first-order chi connectivity index (χ1) is 10.1. The molecule has 6 heteroatoms. The van der Waals surface area contributed by atoms with Gasteiger partial charge in [-0.1, -0.05) is 18.2 Å². The molecule has 0 radical (unpaired) electrons. The molecule has 106 valence electrons. The molecule has 1 aromatic carbocycles. The van der Waals surface area contributed by atoms with E-state index in [1.54, 1.807) is 37.3 Å². The first kappa shape index (κ1) is 14.3. The van der Waals surface area contributed by atoms with Crippen molar-refractivity contribution in [2.45, 2.75) is 6.92 Å². The highest BCUT2D eigenvalue weighted by molar-refractivity contribution is 6.02. The fourth-order valence-corrected chi connectivity index (χ4v) is 1.98. The molecule has 1 aromatic heterocycles. The topological polar surface area (TPSA) is 92.3 Å². The molecule has 2 rings (SSSR count). The van der Waals surface area contributed by atoms with Crippen LogP contribution in [-0.4, -0.2) is 28.3 Å². The van der Waals surface area contributed by atoms with Gasteiger partial charge in [0.2, 0.25) is 0 Å². The van der Waals surface area contributed by atoms with Crippen LogP contribution in [0.25, 0.3) is 17.0 Å². The molecule has 21 heavy (non-hydrogen) atoms. The van der Waals surface area contributed by atoms with Gasteiger partial charge >= 0.3 is 12.1 Å². The number of ether oxygens (including phenoxy) is 1. The summed E-state index contributed by atoms with van der Waals surface area (Å²) in [6.45, 7) is 1.80. The normalized spacial score (nSPS) is 11.1. The summed E-state index contributed by atoms with van der Waals surface area (Å²) >= 11 is 0. The summed E-state index contributed by atoms with van der Waals surface area (Å²) in [5.74, 6) is -0.729. The van der Waals surface area contributed by atoms with Crippen LogP contribution in [0.4, 0.5) is 4.79 Å². The van der Waals surface area contributed by atoms with Crippen molar-refractivity contribution in [3.8, 4) is 6.07 Å². The maximum absolute atomic E-state index is 11.6. The molecule has 0 aliphatic rings. The number of nitrogens with zero attached hydrogens (tertiary/aromatic N) is 2. The van der Waals surface area contributed by atoms with E-state index in [2.05, 4.69) is 0 Å². The number of carboxylic acid groups (broad SMARTS) is 1. The first-order valence-corrected chi connectivity index (χ1v) is 6.20. The number of rotatable bonds is 3. The maximum atomic E-state index is 11.6. The van der Waals surface area contributed by atoms with Gasteiger partial charge in [-0.25, -0.2) is 9.59 Å². The number of benzene rings is 1. The summed E-state index contributed by atoms with van der Waals surface area (Å²) in [5, 5.41) is 18.8. The van der Waals surface area contributed by atoms with Crippen LogP contribution >= 0.6 is 0 Å². The minimum Gasteiger partial charge on any atom is -0.464 e. The zero-order valence-electron chi connectivity index (χ0n) is 11.2. The Hall–Kier alpha value is -3.07. The van der Waals surface area contributed by atoms with Crippen molar-refractivity contribution in [3.05, 3.63) is 41.6 Å². The lowest BCUT2D eigenvalue weighted by Crippen LogP contribution is -2.06. The minimum absolute atomic E-state index is 0.161. The van der Waals surface area contributed by atoms with Gasteiger partial charge in [0.1, 0.15) is 11.6 Å². The van der Waals surface area contributed by atoms with Gasteiger partial charge in [0.15, 0.2) is 0 Å². The van der Waals surface area contributed by atoms with Gasteiger partial charge in [0.25, 0.3) is 0 Å². The number of carbonyl (C=O) groups is 2. The van der Waals surface area contributed by atoms with Gasteiger partial charge < -0.3 is 9.84 Å². The van der Waals surface area contributed by atoms with Crippen molar-refractivity contribution in [3.63, 3.8) is 0 Å². The zero-order valence-corrected chi connectivity index (χ0v) is 11.2. The Morgan fingerprint density at radius 3 is 2.76 bits per heavy atom. The van der Waals surface area contributed by atoms with Crippen molar-refractivity contribution in [1.82, 2.24) is 4.57 Å². The van der Waals surface area contributed by atoms with Gasteiger partial charge in [-0.05, 0) is 19.1 Å². The second-order valence-electron chi connectivity index (χ2n) is 4.14. The van der Waals surface area contributed by atoms with Crippen LogP contribution in [0.2, 0.25) is 0 Å². The van der Waals surface area contributed by atoms with Gasteiger partial charge in [0, 0.05) is 17.1 Å². The molecule has 0 aliphatic carbocycles. The Morgan fingerprint density at radius 1 is 1.43 bits per heavy atom. The van der Waals surface area contributed by atoms with Crippen LogP contribution in [0.15, 0.2) is 36.0 Å². The Morgan fingerprint density at radius 2 is 2.14 bits per heavy atom. The van der Waals surface area contributed by atoms with Crippen molar-refractivity contribution < 1.29 is 19.4 Å². The number of carbonyl (C=O) groups excluding carboxylic acids is 1. The lowest BCUT2D eigenvalue weighted by atomic mass is 10.1. The molecule has 0 aliphatic heterocycles. The molecule has 2 aromatic rings. The molecule has 0 saturated carbocycles. The number of esters is 1. The van der Waals surface area contributed by atoms with Gasteiger partial charge in [0.05, 0.1) is 12.1 Å². The minimum atomic E-state index is -1.14. The molecule has 1 heterocycles. The van der Waals surface area contributed by atoms with Crippen LogP contribution < -0.4 is 0 Å². The monoisotopic (exact) mass is 284 g/mol. The highest BCUT2D eigenvalue weighted by atomic mass is 16.5. The summed E-state index contributed by atoms with van der Waals surface area (Å²) in [5.41, 5.74) is 0.778. The molecule has 6 nitrogen and oxygen atoms in total. The largest absolute Gasteiger partial charge is 0.464 e. The predicted molar refractivity (Wildman–Crippen MR) is 75.6 cm³/mol. The first-order valence-electron chi connectivity index (χ1n) is 6.20. The van der Waals surface area contributed by atoms with E-state index in [1.807, 2.05) is 0 Å². The number of hydrogen-bond donors (Lipinski definition) is 1. The lowest BCUT2D eigenvalue weighted by Gasteiger charge is -1.98. The number of fused-ring (bicyclic) bond motifs is 1. The molecule has 0 unspecified atom stereocenters. The molecule has 1 N–H and O–H groups in total. The van der Waals surface area contributed by atoms with Crippen molar-refractivity contribution >= 4 is 29.0 Å². The van der Waals surface area contributed by atoms with Crippen LogP contribution in [0.5, 0.6) is 0 Å². The van der Waals surface area contributed by atoms with Crippen molar-refractivity contribution in [1.29, 1.82) is 5.26 Å². The number of aromatic nitrogens is 1. The molecule has 0 atom stereocenters. The summed E-state index contributed by atoms with van der Waals surface area (Å²) in [7, 11) is 0. The standard InChI is InChI=1S/C15H12N2O4/c1-2-21-14(18)10(8-16)7-11-9-17(15(19)20)13-6-4-3-5-12(11)13/h3-7,9H,2H2,1H3,(H,19,20)/b10-7-. The van der Waals surface area contributed by atoms with Crippen LogP contribution in [0, 0.1) is 11.3 Å². The van der Waals surface area contributed by atoms with E-state index in [-0.39, 0.29) is 12.2 Å². The summed E-state index contributed by atoms with van der Waals surface area (Å²) in [6.07, 6.45) is 1.56. The fourth-order valence-electron chi connectivity index (χ4n) is 1.98. The predicted octanol–water partition coefficient (Wildman–Crippen LogP) is 2.64. The van der Waals surface area contributed by atoms with E-state index in [9.17, 15) is 9.59 Å². The van der Waals surface area contributed by atoms with E-state index in [1.165, 1.54) is 12.3 Å². The maximum Gasteiger partial charge on any atom is 0.416 e. The molecule has 0 spiro atoms. The number of hydrogen-bond acceptors (Lipinski definition) is 4. The van der Waals surface area contributed by atoms with Crippen LogP contribution in [-0.2, 0) is 9.53 Å². The lowest BCUT2D eigenvalue weighted by molar-refractivity contribution is -0.137. The van der Waals surface area contributed by atoms with E-state index in [4.69, 9.17) is 15.1 Å². The molecule has 0 saturated heterocycles. The third-order valence-electron chi connectivity index (χ3n) is 2.86. The number of para-hydroxylation sites is 1. The zero-order chi connectivity index (χ0) is 15.4. The van der Waals surface area contributed by atoms with Gasteiger partial charge in [-0.2, -0.15) is 5.26 Å². The van der Waals surface area contributed by atoms with E-state index in [0.717, 1.165) is 4.57 Å². The average molecular weight is 284 g/mol. The van der Waals surface area contributed by atoms with Crippen molar-refractivity contribution in [2.24, 2.45) is 0 Å². The quantitative estimate of drug-likeness (QED) is 0.531. The Bertz CT molecular complexity index is 781. The van der Waals surface area contributed by atoms with Crippen LogP contribution in [0.1, 0.15) is 12.5 Å².